The number of fused-ring (bicyclic) bond motifs is 1. The van der Waals surface area contributed by atoms with Crippen LogP contribution in [0.1, 0.15) is 10.4 Å². The van der Waals surface area contributed by atoms with Crippen LogP contribution in [0.15, 0.2) is 24.4 Å². The molecule has 0 amide bonds. The second-order valence-electron chi connectivity index (χ2n) is 4.56. The van der Waals surface area contributed by atoms with Crippen molar-refractivity contribution in [2.24, 2.45) is 7.05 Å². The number of anilines is 1. The predicted molar refractivity (Wildman–Crippen MR) is 77.9 cm³/mol. The summed E-state index contributed by atoms with van der Waals surface area (Å²) in [6.45, 7) is 4.34. The monoisotopic (exact) mass is 257 g/mol. The summed E-state index contributed by atoms with van der Waals surface area (Å²) in [5, 5.41) is 5.53. The second-order valence-corrected chi connectivity index (χ2v) is 5.82. The zero-order valence-electron chi connectivity index (χ0n) is 10.7. The maximum Gasteiger partial charge on any atom is 0.129 e. The van der Waals surface area contributed by atoms with Gasteiger partial charge in [-0.3, -0.25) is 4.68 Å². The highest BCUT2D eigenvalue weighted by Gasteiger charge is 2.10. The Morgan fingerprint density at radius 3 is 2.72 bits per heavy atom. The first-order valence-corrected chi connectivity index (χ1v) is 6.67. The molecule has 0 aliphatic rings. The van der Waals surface area contributed by atoms with Crippen molar-refractivity contribution in [2.75, 3.05) is 5.73 Å². The first-order valence-electron chi connectivity index (χ1n) is 5.85. The van der Waals surface area contributed by atoms with E-state index in [1.165, 1.54) is 20.5 Å². The molecular formula is C14H15N3S. The Hall–Kier alpha value is -1.81. The number of benzene rings is 1. The Bertz CT molecular complexity index is 737. The van der Waals surface area contributed by atoms with Gasteiger partial charge in [0, 0.05) is 22.2 Å². The number of aromatic nitrogens is 2. The third kappa shape index (κ3) is 1.53. The minimum absolute atomic E-state index is 0.708. The molecular weight excluding hydrogens is 242 g/mol. The van der Waals surface area contributed by atoms with Gasteiger partial charge in [0.1, 0.15) is 5.82 Å². The minimum Gasteiger partial charge on any atom is -0.383 e. The fourth-order valence-electron chi connectivity index (χ4n) is 2.18. The molecule has 2 N–H and O–H groups in total. The summed E-state index contributed by atoms with van der Waals surface area (Å²) in [5.41, 5.74) is 9.53. The molecule has 0 atom stereocenters. The molecule has 2 aromatic heterocycles. The largest absolute Gasteiger partial charge is 0.383 e. The average molecular weight is 257 g/mol. The van der Waals surface area contributed by atoms with Gasteiger partial charge in [0.15, 0.2) is 0 Å². The number of hydrogen-bond acceptors (Lipinski definition) is 3. The van der Waals surface area contributed by atoms with Gasteiger partial charge in [-0.15, -0.1) is 11.3 Å². The summed E-state index contributed by atoms with van der Waals surface area (Å²) in [5.74, 6) is 0.708. The van der Waals surface area contributed by atoms with Gasteiger partial charge in [0.25, 0.3) is 0 Å². The van der Waals surface area contributed by atoms with Crippen LogP contribution in [0, 0.1) is 13.8 Å². The minimum atomic E-state index is 0.708. The van der Waals surface area contributed by atoms with E-state index in [9.17, 15) is 0 Å². The van der Waals surface area contributed by atoms with Gasteiger partial charge in [0.2, 0.25) is 0 Å². The van der Waals surface area contributed by atoms with Crippen molar-refractivity contribution in [3.05, 3.63) is 34.8 Å². The molecule has 4 heteroatoms. The molecule has 0 radical (unpaired) electrons. The van der Waals surface area contributed by atoms with Gasteiger partial charge in [-0.1, -0.05) is 12.1 Å². The van der Waals surface area contributed by atoms with E-state index < -0.39 is 0 Å². The summed E-state index contributed by atoms with van der Waals surface area (Å²) in [7, 11) is 1.86. The number of aryl methyl sites for hydroxylation is 3. The lowest BCUT2D eigenvalue weighted by atomic mass is 10.1. The summed E-state index contributed by atoms with van der Waals surface area (Å²) >= 11 is 1.83. The fourth-order valence-corrected chi connectivity index (χ4v) is 3.29. The van der Waals surface area contributed by atoms with Crippen molar-refractivity contribution >= 4 is 27.2 Å². The first kappa shape index (κ1) is 11.3. The Balaban J connectivity index is 2.22. The normalized spacial score (nSPS) is 11.3. The molecule has 0 saturated heterocycles. The molecule has 0 fully saturated rings. The molecule has 0 spiro atoms. The van der Waals surface area contributed by atoms with Gasteiger partial charge < -0.3 is 5.73 Å². The van der Waals surface area contributed by atoms with E-state index in [-0.39, 0.29) is 0 Å². The Morgan fingerprint density at radius 1 is 1.28 bits per heavy atom. The van der Waals surface area contributed by atoms with Gasteiger partial charge >= 0.3 is 0 Å². The highest BCUT2D eigenvalue weighted by Crippen LogP contribution is 2.34. The van der Waals surface area contributed by atoms with Crippen LogP contribution < -0.4 is 5.73 Å². The van der Waals surface area contributed by atoms with Crippen LogP contribution in [0.5, 0.6) is 0 Å². The molecule has 3 rings (SSSR count). The lowest BCUT2D eigenvalue weighted by Crippen LogP contribution is -1.97. The van der Waals surface area contributed by atoms with Crippen molar-refractivity contribution in [3.8, 4) is 11.1 Å². The number of thiophene rings is 1. The fraction of sp³-hybridized carbons (Fsp3) is 0.214. The smallest absolute Gasteiger partial charge is 0.129 e. The van der Waals surface area contributed by atoms with Gasteiger partial charge in [-0.25, -0.2) is 0 Å². The topological polar surface area (TPSA) is 43.8 Å². The number of rotatable bonds is 1. The van der Waals surface area contributed by atoms with Crippen molar-refractivity contribution in [3.63, 3.8) is 0 Å². The lowest BCUT2D eigenvalue weighted by molar-refractivity contribution is 0.779. The molecule has 18 heavy (non-hydrogen) atoms. The Morgan fingerprint density at radius 2 is 2.06 bits per heavy atom. The van der Waals surface area contributed by atoms with Crippen molar-refractivity contribution in [2.45, 2.75) is 13.8 Å². The predicted octanol–water partition coefficient (Wildman–Crippen LogP) is 3.50. The molecule has 3 aromatic rings. The van der Waals surface area contributed by atoms with Crippen molar-refractivity contribution in [1.82, 2.24) is 9.78 Å². The molecule has 0 unspecified atom stereocenters. The highest BCUT2D eigenvalue weighted by molar-refractivity contribution is 7.19. The molecule has 0 aliphatic carbocycles. The van der Waals surface area contributed by atoms with E-state index in [4.69, 9.17) is 5.73 Å². The van der Waals surface area contributed by atoms with Crippen LogP contribution in [0.3, 0.4) is 0 Å². The van der Waals surface area contributed by atoms with Gasteiger partial charge in [-0.2, -0.15) is 5.10 Å². The van der Waals surface area contributed by atoms with Crippen LogP contribution in [0.4, 0.5) is 5.82 Å². The maximum absolute atomic E-state index is 6.02. The van der Waals surface area contributed by atoms with E-state index in [0.717, 1.165) is 11.1 Å². The van der Waals surface area contributed by atoms with Crippen molar-refractivity contribution in [1.29, 1.82) is 0 Å². The molecule has 0 aliphatic heterocycles. The zero-order chi connectivity index (χ0) is 12.9. The highest BCUT2D eigenvalue weighted by atomic mass is 32.1. The Kier molecular flexibility index (Phi) is 2.41. The van der Waals surface area contributed by atoms with Crippen LogP contribution in [0.25, 0.3) is 21.2 Å². The number of hydrogen-bond donors (Lipinski definition) is 1. The lowest BCUT2D eigenvalue weighted by Gasteiger charge is -2.01. The summed E-state index contributed by atoms with van der Waals surface area (Å²) in [6, 6.07) is 6.50. The van der Waals surface area contributed by atoms with E-state index in [1.54, 1.807) is 4.68 Å². The number of nitrogens with two attached hydrogens (primary N) is 1. The molecule has 0 saturated carbocycles. The van der Waals surface area contributed by atoms with E-state index >= 15 is 0 Å². The van der Waals surface area contributed by atoms with Crippen LogP contribution in [0.2, 0.25) is 0 Å². The quantitative estimate of drug-likeness (QED) is 0.725. The SMILES string of the molecule is Cc1sc2cc(-c3cnn(C)c3N)ccc2c1C. The third-order valence-electron chi connectivity index (χ3n) is 3.47. The number of nitrogens with zero attached hydrogens (tertiary/aromatic N) is 2. The average Bonchev–Trinajstić information content (AvgIpc) is 2.82. The molecule has 0 bridgehead atoms. The number of nitrogen functional groups attached to an aromatic ring is 1. The molecule has 3 nitrogen and oxygen atoms in total. The molecule has 92 valence electrons. The van der Waals surface area contributed by atoms with Gasteiger partial charge in [0.05, 0.1) is 6.20 Å². The van der Waals surface area contributed by atoms with Crippen LogP contribution in [-0.2, 0) is 7.05 Å². The Labute approximate surface area is 110 Å². The summed E-state index contributed by atoms with van der Waals surface area (Å²) in [6.07, 6.45) is 1.82. The van der Waals surface area contributed by atoms with E-state index in [1.807, 2.05) is 24.6 Å². The van der Waals surface area contributed by atoms with E-state index in [2.05, 4.69) is 37.1 Å². The first-order chi connectivity index (χ1) is 8.58. The standard InChI is InChI=1S/C14H15N3S/c1-8-9(2)18-13-6-10(4-5-11(8)13)12-7-16-17(3)14(12)15/h4-7H,15H2,1-3H3. The third-order valence-corrected chi connectivity index (χ3v) is 4.64. The summed E-state index contributed by atoms with van der Waals surface area (Å²) < 4.78 is 3.01. The van der Waals surface area contributed by atoms with E-state index in [0.29, 0.717) is 5.82 Å². The van der Waals surface area contributed by atoms with Gasteiger partial charge in [-0.05, 0) is 36.4 Å². The second kappa shape index (κ2) is 3.85. The van der Waals surface area contributed by atoms with Crippen LogP contribution in [-0.4, -0.2) is 9.78 Å². The molecule has 1 aromatic carbocycles. The maximum atomic E-state index is 6.02. The zero-order valence-corrected chi connectivity index (χ0v) is 11.5. The van der Waals surface area contributed by atoms with Crippen molar-refractivity contribution < 1.29 is 0 Å². The summed E-state index contributed by atoms with van der Waals surface area (Å²) in [4.78, 5) is 1.38. The molecule has 2 heterocycles. The van der Waals surface area contributed by atoms with Crippen LogP contribution >= 0.6 is 11.3 Å².